The molecule has 1 unspecified atom stereocenters. The van der Waals surface area contributed by atoms with Crippen molar-refractivity contribution in [3.63, 3.8) is 0 Å². The van der Waals surface area contributed by atoms with Gasteiger partial charge < -0.3 is 5.32 Å². The van der Waals surface area contributed by atoms with Gasteiger partial charge in [-0.2, -0.15) is 0 Å². The molecule has 0 aliphatic carbocycles. The fourth-order valence-corrected chi connectivity index (χ4v) is 4.62. The van der Waals surface area contributed by atoms with Crippen LogP contribution < -0.4 is 14.9 Å². The maximum absolute atomic E-state index is 12.6. The molecule has 1 heterocycles. The molecule has 0 spiro atoms. The number of anilines is 1. The van der Waals surface area contributed by atoms with Gasteiger partial charge in [0.1, 0.15) is 5.69 Å². The minimum Gasteiger partial charge on any atom is -0.320 e. The molecule has 0 aromatic heterocycles. The van der Waals surface area contributed by atoms with E-state index in [4.69, 9.17) is 11.6 Å². The van der Waals surface area contributed by atoms with Crippen molar-refractivity contribution in [2.75, 3.05) is 25.0 Å². The second-order valence-corrected chi connectivity index (χ2v) is 7.41. The summed E-state index contributed by atoms with van der Waals surface area (Å²) in [6, 6.07) is 15.7. The molecule has 1 aliphatic rings. The van der Waals surface area contributed by atoms with E-state index in [0.29, 0.717) is 11.6 Å². The SMILES string of the molecule is CNCCCN1C(=O)N[S+](c2ccccc2)c2cc(Cl)ccc21. The molecule has 2 aromatic carbocycles. The van der Waals surface area contributed by atoms with Crippen molar-refractivity contribution >= 4 is 34.4 Å². The number of halogens is 1. The predicted molar refractivity (Wildman–Crippen MR) is 96.2 cm³/mol. The Morgan fingerprint density at radius 3 is 2.74 bits per heavy atom. The average molecular weight is 349 g/mol. The molecule has 0 fully saturated rings. The highest BCUT2D eigenvalue weighted by Crippen LogP contribution is 2.36. The molecule has 0 bridgehead atoms. The smallest absolute Gasteiger partial charge is 0.320 e. The lowest BCUT2D eigenvalue weighted by molar-refractivity contribution is 0.251. The standard InChI is InChI=1S/C17H18ClN3OS/c1-19-10-5-11-21-15-9-8-13(18)12-16(15)23(20-17(21)22)14-6-3-2-4-7-14/h2-4,6-9,12,19H,5,10-11H2,1H3/p+1. The molecule has 4 nitrogen and oxygen atoms in total. The lowest BCUT2D eigenvalue weighted by atomic mass is 10.2. The highest BCUT2D eigenvalue weighted by atomic mass is 35.5. The molecular weight excluding hydrogens is 330 g/mol. The molecule has 0 saturated heterocycles. The second-order valence-electron chi connectivity index (χ2n) is 5.25. The van der Waals surface area contributed by atoms with Gasteiger partial charge in [-0.15, -0.1) is 4.72 Å². The molecule has 0 radical (unpaired) electrons. The zero-order valence-electron chi connectivity index (χ0n) is 12.9. The number of carbonyl (C=O) groups is 1. The van der Waals surface area contributed by atoms with Gasteiger partial charge >= 0.3 is 6.03 Å². The Morgan fingerprint density at radius 1 is 1.22 bits per heavy atom. The van der Waals surface area contributed by atoms with E-state index in [1.807, 2.05) is 55.6 Å². The minimum absolute atomic E-state index is 0.0527. The summed E-state index contributed by atoms with van der Waals surface area (Å²) in [5, 5.41) is 3.80. The summed E-state index contributed by atoms with van der Waals surface area (Å²) in [6.07, 6.45) is 0.894. The van der Waals surface area contributed by atoms with Crippen molar-refractivity contribution < 1.29 is 4.79 Å². The number of carbonyl (C=O) groups excluding carboxylic acids is 1. The Bertz CT molecular complexity index is 695. The highest BCUT2D eigenvalue weighted by Gasteiger charge is 2.40. The van der Waals surface area contributed by atoms with Crippen LogP contribution in [0.1, 0.15) is 6.42 Å². The third kappa shape index (κ3) is 3.47. The molecule has 3 rings (SSSR count). The van der Waals surface area contributed by atoms with Gasteiger partial charge in [-0.25, -0.2) is 4.79 Å². The maximum Gasteiger partial charge on any atom is 0.364 e. The van der Waals surface area contributed by atoms with Crippen LogP contribution in [0.25, 0.3) is 0 Å². The summed E-state index contributed by atoms with van der Waals surface area (Å²) in [4.78, 5) is 16.5. The van der Waals surface area contributed by atoms with E-state index in [1.54, 1.807) is 4.90 Å². The molecule has 120 valence electrons. The normalized spacial score (nSPS) is 16.9. The summed E-state index contributed by atoms with van der Waals surface area (Å²) in [5.74, 6) is 0. The molecule has 6 heteroatoms. The van der Waals surface area contributed by atoms with Gasteiger partial charge in [-0.05, 0) is 44.3 Å². The van der Waals surface area contributed by atoms with Crippen molar-refractivity contribution in [3.8, 4) is 0 Å². The van der Waals surface area contributed by atoms with Crippen molar-refractivity contribution in [1.29, 1.82) is 0 Å². The van der Waals surface area contributed by atoms with Crippen LogP contribution in [0.4, 0.5) is 10.5 Å². The Morgan fingerprint density at radius 2 is 2.00 bits per heavy atom. The number of amides is 2. The molecule has 2 amide bonds. The number of hydrogen-bond donors (Lipinski definition) is 2. The Kier molecular flexibility index (Phi) is 5.10. The van der Waals surface area contributed by atoms with Crippen LogP contribution in [0, 0.1) is 0 Å². The summed E-state index contributed by atoms with van der Waals surface area (Å²) in [6.45, 7) is 1.55. The molecule has 23 heavy (non-hydrogen) atoms. The molecule has 0 saturated carbocycles. The third-order valence-electron chi connectivity index (χ3n) is 3.65. The molecular formula is C17H19ClN3OS+. The van der Waals surface area contributed by atoms with E-state index in [0.717, 1.165) is 28.4 Å². The number of fused-ring (bicyclic) bond motifs is 1. The zero-order chi connectivity index (χ0) is 16.2. The number of nitrogens with one attached hydrogen (secondary N) is 2. The van der Waals surface area contributed by atoms with Gasteiger partial charge in [-0.3, -0.25) is 4.90 Å². The van der Waals surface area contributed by atoms with E-state index < -0.39 is 11.1 Å². The van der Waals surface area contributed by atoms with Crippen LogP contribution in [0.5, 0.6) is 0 Å². The van der Waals surface area contributed by atoms with Gasteiger partial charge in [-0.1, -0.05) is 29.8 Å². The van der Waals surface area contributed by atoms with Crippen molar-refractivity contribution in [1.82, 2.24) is 10.0 Å². The minimum atomic E-state index is -0.493. The van der Waals surface area contributed by atoms with Crippen molar-refractivity contribution in [2.24, 2.45) is 0 Å². The van der Waals surface area contributed by atoms with E-state index in [9.17, 15) is 4.79 Å². The van der Waals surface area contributed by atoms with Gasteiger partial charge in [0.25, 0.3) is 0 Å². The Labute approximate surface area is 144 Å². The van der Waals surface area contributed by atoms with Gasteiger partial charge in [0.2, 0.25) is 4.90 Å². The first-order valence-electron chi connectivity index (χ1n) is 7.52. The molecule has 1 aliphatic heterocycles. The maximum atomic E-state index is 12.6. The second kappa shape index (κ2) is 7.25. The first kappa shape index (κ1) is 16.2. The predicted octanol–water partition coefficient (Wildman–Crippen LogP) is 3.43. The zero-order valence-corrected chi connectivity index (χ0v) is 14.5. The number of urea groups is 1. The molecule has 2 aromatic rings. The highest BCUT2D eigenvalue weighted by molar-refractivity contribution is 7.96. The van der Waals surface area contributed by atoms with Gasteiger partial charge in [0.05, 0.1) is 0 Å². The van der Waals surface area contributed by atoms with Gasteiger partial charge in [0, 0.05) is 17.6 Å². The van der Waals surface area contributed by atoms with Crippen molar-refractivity contribution in [2.45, 2.75) is 16.2 Å². The van der Waals surface area contributed by atoms with Gasteiger partial charge in [0.15, 0.2) is 16.0 Å². The summed E-state index contributed by atoms with van der Waals surface area (Å²) in [5.41, 5.74) is 0.946. The lowest BCUT2D eigenvalue weighted by Gasteiger charge is -2.28. The van der Waals surface area contributed by atoms with Crippen LogP contribution >= 0.6 is 11.6 Å². The van der Waals surface area contributed by atoms with E-state index in [2.05, 4.69) is 10.0 Å². The van der Waals surface area contributed by atoms with Crippen LogP contribution in [-0.2, 0) is 11.1 Å². The first-order chi connectivity index (χ1) is 11.2. The van der Waals surface area contributed by atoms with E-state index >= 15 is 0 Å². The Hall–Kier alpha value is -1.69. The average Bonchev–Trinajstić information content (AvgIpc) is 2.57. The van der Waals surface area contributed by atoms with Crippen LogP contribution in [0.3, 0.4) is 0 Å². The molecule has 1 atom stereocenters. The largest absolute Gasteiger partial charge is 0.364 e. The Balaban J connectivity index is 1.98. The quantitative estimate of drug-likeness (QED) is 0.642. The summed E-state index contributed by atoms with van der Waals surface area (Å²) in [7, 11) is 1.91. The fourth-order valence-electron chi connectivity index (χ4n) is 2.56. The van der Waals surface area contributed by atoms with Crippen LogP contribution in [-0.4, -0.2) is 26.2 Å². The lowest BCUT2D eigenvalue weighted by Crippen LogP contribution is -2.48. The van der Waals surface area contributed by atoms with Crippen molar-refractivity contribution in [3.05, 3.63) is 53.6 Å². The first-order valence-corrected chi connectivity index (χ1v) is 9.12. The fraction of sp³-hybridized carbons (Fsp3) is 0.235. The van der Waals surface area contributed by atoms with E-state index in [1.165, 1.54) is 0 Å². The summed E-state index contributed by atoms with van der Waals surface area (Å²) < 4.78 is 3.13. The number of hydrogen-bond acceptors (Lipinski definition) is 2. The van der Waals surface area contributed by atoms with Crippen LogP contribution in [0.2, 0.25) is 5.02 Å². The van der Waals surface area contributed by atoms with E-state index in [-0.39, 0.29) is 6.03 Å². The number of nitrogens with zero attached hydrogens (tertiary/aromatic N) is 1. The van der Waals surface area contributed by atoms with Crippen LogP contribution in [0.15, 0.2) is 58.3 Å². The third-order valence-corrected chi connectivity index (χ3v) is 5.78. The monoisotopic (exact) mass is 348 g/mol. The molecule has 2 N–H and O–H groups in total. The summed E-state index contributed by atoms with van der Waals surface area (Å²) >= 11 is 5.71. The number of benzene rings is 2. The number of rotatable bonds is 5. The topological polar surface area (TPSA) is 44.4 Å².